The fraction of sp³-hybridized carbons (Fsp3) is 0.524. The van der Waals surface area contributed by atoms with Crippen molar-refractivity contribution in [1.82, 2.24) is 4.90 Å². The maximum atomic E-state index is 7.51. The molecule has 0 amide bonds. The van der Waals surface area contributed by atoms with Gasteiger partial charge in [0.25, 0.3) is 0 Å². The number of allylic oxidation sites excluding steroid dienone is 1. The molecule has 2 atom stereocenters. The zero-order valence-electron chi connectivity index (χ0n) is 29.2. The Bertz CT molecular complexity index is 1170. The first kappa shape index (κ1) is 36.9. The van der Waals surface area contributed by atoms with Crippen LogP contribution in [0.15, 0.2) is 103 Å². The molecular weight excluding hydrogens is 669 g/mol. The van der Waals surface area contributed by atoms with E-state index in [1.54, 1.807) is 0 Å². The minimum absolute atomic E-state index is 0.0617. The normalized spacial score (nSPS) is 14.8. The monoisotopic (exact) mass is 731 g/mol. The van der Waals surface area contributed by atoms with Gasteiger partial charge in [0, 0.05) is 0 Å². The van der Waals surface area contributed by atoms with E-state index >= 15 is 0 Å². The van der Waals surface area contributed by atoms with Crippen LogP contribution in [0.4, 0.5) is 0 Å². The Hall–Kier alpha value is -1.92. The molecular formula is C42H61NO2Sn. The summed E-state index contributed by atoms with van der Waals surface area (Å²) in [6.07, 6.45) is 14.1. The predicted octanol–water partition coefficient (Wildman–Crippen LogP) is 11.2. The molecule has 0 unspecified atom stereocenters. The van der Waals surface area contributed by atoms with Crippen molar-refractivity contribution < 1.29 is 9.47 Å². The van der Waals surface area contributed by atoms with Gasteiger partial charge in [-0.1, -0.05) is 0 Å². The van der Waals surface area contributed by atoms with Crippen molar-refractivity contribution in [1.29, 1.82) is 0 Å². The number of hydrogen-bond donors (Lipinski definition) is 0. The molecule has 0 aromatic heterocycles. The van der Waals surface area contributed by atoms with Crippen LogP contribution in [0.5, 0.6) is 0 Å². The van der Waals surface area contributed by atoms with Crippen LogP contribution >= 0.6 is 0 Å². The molecule has 0 spiro atoms. The Morgan fingerprint density at radius 1 is 0.674 bits per heavy atom. The van der Waals surface area contributed by atoms with Gasteiger partial charge in [-0.15, -0.1) is 0 Å². The van der Waals surface area contributed by atoms with E-state index in [0.717, 1.165) is 24.1 Å². The van der Waals surface area contributed by atoms with Gasteiger partial charge in [-0.25, -0.2) is 0 Å². The summed E-state index contributed by atoms with van der Waals surface area (Å²) >= 11 is -2.54. The van der Waals surface area contributed by atoms with Crippen LogP contribution in [0.25, 0.3) is 0 Å². The van der Waals surface area contributed by atoms with Gasteiger partial charge in [-0.3, -0.25) is 0 Å². The zero-order chi connectivity index (χ0) is 32.3. The van der Waals surface area contributed by atoms with Crippen LogP contribution in [0.3, 0.4) is 0 Å². The summed E-state index contributed by atoms with van der Waals surface area (Å²) in [5, 5.41) is 0. The van der Waals surface area contributed by atoms with E-state index in [9.17, 15) is 0 Å². The molecule has 46 heavy (non-hydrogen) atoms. The summed E-state index contributed by atoms with van der Waals surface area (Å²) in [6.45, 7) is 10.1. The Labute approximate surface area is 285 Å². The van der Waals surface area contributed by atoms with E-state index < -0.39 is 18.4 Å². The predicted molar refractivity (Wildman–Crippen MR) is 199 cm³/mol. The quantitative estimate of drug-likeness (QED) is 0.0716. The van der Waals surface area contributed by atoms with E-state index in [4.69, 9.17) is 9.47 Å². The molecule has 4 heteroatoms. The second-order valence-corrected chi connectivity index (χ2v) is 27.3. The van der Waals surface area contributed by atoms with Crippen LogP contribution in [-0.4, -0.2) is 46.7 Å². The maximum absolute atomic E-state index is 7.51. The van der Waals surface area contributed by atoms with Crippen LogP contribution in [0, 0.1) is 0 Å². The molecule has 0 heterocycles. The first-order valence-electron chi connectivity index (χ1n) is 18.4. The van der Waals surface area contributed by atoms with Crippen LogP contribution in [-0.2, 0) is 29.2 Å². The van der Waals surface area contributed by atoms with E-state index in [2.05, 4.69) is 123 Å². The van der Waals surface area contributed by atoms with Gasteiger partial charge in [0.15, 0.2) is 0 Å². The van der Waals surface area contributed by atoms with Crippen LogP contribution in [0.1, 0.15) is 95.2 Å². The summed E-state index contributed by atoms with van der Waals surface area (Å²) in [4.78, 5) is 2.67. The van der Waals surface area contributed by atoms with Crippen LogP contribution in [0.2, 0.25) is 13.3 Å². The zero-order valence-corrected chi connectivity index (χ0v) is 32.0. The topological polar surface area (TPSA) is 21.7 Å². The molecule has 0 aliphatic heterocycles. The molecule has 3 aromatic carbocycles. The molecule has 3 nitrogen and oxygen atoms in total. The van der Waals surface area contributed by atoms with Gasteiger partial charge >= 0.3 is 287 Å². The molecule has 0 saturated carbocycles. The minimum atomic E-state index is -2.54. The number of unbranched alkanes of at least 4 members (excludes halogenated alkanes) is 3. The molecule has 3 aromatic rings. The summed E-state index contributed by atoms with van der Waals surface area (Å²) in [5.74, 6) is 0. The van der Waals surface area contributed by atoms with Gasteiger partial charge in [-0.05, 0) is 0 Å². The van der Waals surface area contributed by atoms with Gasteiger partial charge < -0.3 is 0 Å². The summed E-state index contributed by atoms with van der Waals surface area (Å²) < 4.78 is 19.7. The van der Waals surface area contributed by atoms with E-state index in [1.807, 2.05) is 0 Å². The van der Waals surface area contributed by atoms with E-state index in [1.165, 1.54) is 86.9 Å². The third-order valence-electron chi connectivity index (χ3n) is 9.87. The fourth-order valence-electron chi connectivity index (χ4n) is 7.12. The number of benzene rings is 3. The number of ether oxygens (including phenoxy) is 2. The number of rotatable bonds is 23. The van der Waals surface area contributed by atoms with Crippen molar-refractivity contribution in [3.63, 3.8) is 0 Å². The third kappa shape index (κ3) is 12.3. The molecule has 250 valence electrons. The van der Waals surface area contributed by atoms with Crippen molar-refractivity contribution in [2.45, 2.75) is 124 Å². The molecule has 0 N–H and O–H groups in total. The standard InChI is InChI=1S/C30H34NO2.3C4H9.Sn/c1-32-30(28-19-11-12-20-28)29(24-33-23-27-17-9-4-10-18-27)31(21-25-13-5-2-6-14-25)22-26-15-7-3-8-16-26;3*1-3-4-2;/h2-10,13-19,29-30H,1,11-12,20-24H2;3*1,3-4H2,2H3;/t29-,30+;;;;/m0..../s1. The van der Waals surface area contributed by atoms with Gasteiger partial charge in [0.2, 0.25) is 0 Å². The van der Waals surface area contributed by atoms with E-state index in [-0.39, 0.29) is 12.1 Å². The van der Waals surface area contributed by atoms with Crippen molar-refractivity contribution in [3.05, 3.63) is 119 Å². The van der Waals surface area contributed by atoms with Gasteiger partial charge in [0.05, 0.1) is 0 Å². The summed E-state index contributed by atoms with van der Waals surface area (Å²) in [5.41, 5.74) is 5.42. The Morgan fingerprint density at radius 2 is 1.17 bits per heavy atom. The van der Waals surface area contributed by atoms with E-state index in [0.29, 0.717) is 13.2 Å². The van der Waals surface area contributed by atoms with Crippen molar-refractivity contribution >= 4 is 18.4 Å². The molecule has 0 bridgehead atoms. The van der Waals surface area contributed by atoms with Crippen molar-refractivity contribution in [2.24, 2.45) is 0 Å². The summed E-state index contributed by atoms with van der Waals surface area (Å²) in [7, 11) is 0. The Kier molecular flexibility index (Phi) is 17.0. The molecule has 0 saturated heterocycles. The second-order valence-electron chi connectivity index (χ2n) is 13.7. The fourth-order valence-corrected chi connectivity index (χ4v) is 21.5. The first-order chi connectivity index (χ1) is 22.7. The molecule has 1 aliphatic rings. The third-order valence-corrected chi connectivity index (χ3v) is 24.2. The van der Waals surface area contributed by atoms with Crippen molar-refractivity contribution in [3.8, 4) is 0 Å². The molecule has 0 fully saturated rings. The van der Waals surface area contributed by atoms with Crippen molar-refractivity contribution in [2.75, 3.05) is 11.2 Å². The van der Waals surface area contributed by atoms with Gasteiger partial charge in [-0.2, -0.15) is 0 Å². The Morgan fingerprint density at radius 3 is 1.63 bits per heavy atom. The second kappa shape index (κ2) is 21.1. The molecule has 0 radical (unpaired) electrons. The SMILES string of the molecule is CCC[CH2][Sn]([CH2]CCC)([CH2]CCC)[CH2]O[C@H](C1=CCCC1)[C@H](COCc1ccccc1)N(Cc1ccccc1)Cc1ccccc1. The van der Waals surface area contributed by atoms with Gasteiger partial charge in [0.1, 0.15) is 0 Å². The van der Waals surface area contributed by atoms with Crippen LogP contribution < -0.4 is 0 Å². The molecule has 4 rings (SSSR count). The summed E-state index contributed by atoms with van der Waals surface area (Å²) in [6, 6.07) is 32.8. The first-order valence-corrected chi connectivity index (χ1v) is 26.5. The average Bonchev–Trinajstić information content (AvgIpc) is 3.64. The number of hydrogen-bond acceptors (Lipinski definition) is 3. The average molecular weight is 731 g/mol. The number of nitrogens with zero attached hydrogens (tertiary/aromatic N) is 1. The Balaban J connectivity index is 1.69. The molecule has 1 aliphatic carbocycles.